The number of benzene rings is 9. The largest absolute Gasteiger partial charge is 0.309 e. The van der Waals surface area contributed by atoms with Crippen molar-refractivity contribution in [3.8, 4) is 22.3 Å². The van der Waals surface area contributed by atoms with Gasteiger partial charge in [0, 0.05) is 26.8 Å². The van der Waals surface area contributed by atoms with Crippen molar-refractivity contribution in [3.63, 3.8) is 0 Å². The third-order valence-electron chi connectivity index (χ3n) is 11.5. The minimum absolute atomic E-state index is 0.447. The van der Waals surface area contributed by atoms with Gasteiger partial charge in [0.05, 0.1) is 15.8 Å². The summed E-state index contributed by atoms with van der Waals surface area (Å²) in [6.07, 6.45) is 0. The second-order valence-corrected chi connectivity index (χ2v) is 15.4. The fourth-order valence-corrected chi connectivity index (χ4v) is 10.5. The van der Waals surface area contributed by atoms with Crippen LogP contribution in [0.4, 0.5) is 17.1 Å². The van der Waals surface area contributed by atoms with E-state index in [-0.39, 0.29) is 0 Å². The SMILES string of the molecule is c1ccc(-c2cccc(N(c3ccc4c(c3)-c3ccccc3C4(c3ccccc3)c3ccccc3)c3cccc4c3sc3c5ccccc5ccc43)c2)cc1. The van der Waals surface area contributed by atoms with Gasteiger partial charge in [-0.2, -0.15) is 0 Å². The molecule has 0 amide bonds. The van der Waals surface area contributed by atoms with Crippen LogP contribution in [0.25, 0.3) is 53.2 Å². The lowest BCUT2D eigenvalue weighted by molar-refractivity contribution is 0.768. The van der Waals surface area contributed by atoms with E-state index >= 15 is 0 Å². The fraction of sp³-hybridized carbons (Fsp3) is 0.0189. The van der Waals surface area contributed by atoms with Crippen LogP contribution in [-0.2, 0) is 5.41 Å². The molecule has 0 saturated heterocycles. The first-order valence-corrected chi connectivity index (χ1v) is 19.7. The molecule has 11 rings (SSSR count). The summed E-state index contributed by atoms with van der Waals surface area (Å²) in [7, 11) is 0. The maximum atomic E-state index is 2.49. The van der Waals surface area contributed by atoms with Gasteiger partial charge in [-0.05, 0) is 85.6 Å². The minimum atomic E-state index is -0.447. The first-order valence-electron chi connectivity index (χ1n) is 18.9. The van der Waals surface area contributed by atoms with Crippen molar-refractivity contribution in [2.24, 2.45) is 0 Å². The van der Waals surface area contributed by atoms with Gasteiger partial charge in [-0.1, -0.05) is 182 Å². The van der Waals surface area contributed by atoms with E-state index in [0.29, 0.717) is 0 Å². The normalized spacial score (nSPS) is 12.9. The molecule has 0 radical (unpaired) electrons. The summed E-state index contributed by atoms with van der Waals surface area (Å²) >= 11 is 1.90. The number of hydrogen-bond acceptors (Lipinski definition) is 2. The lowest BCUT2D eigenvalue weighted by atomic mass is 9.68. The van der Waals surface area contributed by atoms with E-state index < -0.39 is 5.41 Å². The second-order valence-electron chi connectivity index (χ2n) is 14.4. The van der Waals surface area contributed by atoms with Crippen LogP contribution in [0.15, 0.2) is 212 Å². The maximum Gasteiger partial charge on any atom is 0.0713 e. The molecule has 1 aromatic heterocycles. The molecular weight excluding hydrogens is 683 g/mol. The Morgan fingerprint density at radius 2 is 0.964 bits per heavy atom. The van der Waals surface area contributed by atoms with Crippen molar-refractivity contribution in [1.29, 1.82) is 0 Å². The third kappa shape index (κ3) is 4.85. The van der Waals surface area contributed by atoms with E-state index in [1.165, 1.54) is 81.1 Å². The number of nitrogens with zero attached hydrogens (tertiary/aromatic N) is 1. The predicted octanol–water partition coefficient (Wildman–Crippen LogP) is 14.7. The van der Waals surface area contributed by atoms with Gasteiger partial charge in [0.1, 0.15) is 0 Å². The van der Waals surface area contributed by atoms with Gasteiger partial charge in [-0.3, -0.25) is 0 Å². The van der Waals surface area contributed by atoms with E-state index in [0.717, 1.165) is 11.4 Å². The fourth-order valence-electron chi connectivity index (χ4n) is 9.15. The molecule has 258 valence electrons. The smallest absolute Gasteiger partial charge is 0.0713 e. The van der Waals surface area contributed by atoms with Crippen LogP contribution in [0, 0.1) is 0 Å². The average Bonchev–Trinajstić information content (AvgIpc) is 3.80. The molecule has 0 bridgehead atoms. The minimum Gasteiger partial charge on any atom is -0.309 e. The van der Waals surface area contributed by atoms with Gasteiger partial charge in [-0.25, -0.2) is 0 Å². The Bertz CT molecular complexity index is 3000. The van der Waals surface area contributed by atoms with Crippen LogP contribution in [0.1, 0.15) is 22.3 Å². The Morgan fingerprint density at radius 3 is 1.76 bits per heavy atom. The van der Waals surface area contributed by atoms with E-state index in [9.17, 15) is 0 Å². The topological polar surface area (TPSA) is 3.24 Å². The summed E-state index contributed by atoms with van der Waals surface area (Å²) in [6, 6.07) is 78.2. The molecule has 2 heteroatoms. The summed E-state index contributed by atoms with van der Waals surface area (Å²) < 4.78 is 2.61. The Labute approximate surface area is 325 Å². The van der Waals surface area contributed by atoms with Gasteiger partial charge >= 0.3 is 0 Å². The van der Waals surface area contributed by atoms with Crippen LogP contribution in [0.2, 0.25) is 0 Å². The van der Waals surface area contributed by atoms with Gasteiger partial charge in [0.2, 0.25) is 0 Å². The number of rotatable bonds is 6. The summed E-state index contributed by atoms with van der Waals surface area (Å²) in [4.78, 5) is 2.49. The molecule has 10 aromatic rings. The molecule has 1 nitrogen and oxygen atoms in total. The predicted molar refractivity (Wildman–Crippen MR) is 234 cm³/mol. The Kier molecular flexibility index (Phi) is 7.33. The van der Waals surface area contributed by atoms with E-state index in [2.05, 4.69) is 217 Å². The van der Waals surface area contributed by atoms with Crippen molar-refractivity contribution in [2.45, 2.75) is 5.41 Å². The van der Waals surface area contributed by atoms with Gasteiger partial charge < -0.3 is 4.90 Å². The third-order valence-corrected chi connectivity index (χ3v) is 12.8. The van der Waals surface area contributed by atoms with Crippen LogP contribution in [0.3, 0.4) is 0 Å². The molecule has 9 aromatic carbocycles. The second kappa shape index (κ2) is 12.7. The molecule has 1 heterocycles. The van der Waals surface area contributed by atoms with Crippen molar-refractivity contribution >= 4 is 59.3 Å². The molecule has 0 saturated carbocycles. The number of fused-ring (bicyclic) bond motifs is 8. The number of thiophene rings is 1. The van der Waals surface area contributed by atoms with Crippen molar-refractivity contribution in [2.75, 3.05) is 4.90 Å². The quantitative estimate of drug-likeness (QED) is 0.166. The van der Waals surface area contributed by atoms with Crippen molar-refractivity contribution < 1.29 is 0 Å². The molecule has 0 N–H and O–H groups in total. The summed E-state index contributed by atoms with van der Waals surface area (Å²) in [5.74, 6) is 0. The highest BCUT2D eigenvalue weighted by Crippen LogP contribution is 2.57. The Balaban J connectivity index is 1.19. The van der Waals surface area contributed by atoms with E-state index in [1.807, 2.05) is 11.3 Å². The highest BCUT2D eigenvalue weighted by atomic mass is 32.1. The number of anilines is 3. The molecular formula is C53H35NS. The van der Waals surface area contributed by atoms with Crippen LogP contribution in [0.5, 0.6) is 0 Å². The first kappa shape index (κ1) is 31.8. The first-order chi connectivity index (χ1) is 27.3. The van der Waals surface area contributed by atoms with Crippen LogP contribution in [-0.4, -0.2) is 0 Å². The molecule has 55 heavy (non-hydrogen) atoms. The highest BCUT2D eigenvalue weighted by molar-refractivity contribution is 7.27. The van der Waals surface area contributed by atoms with Crippen LogP contribution >= 0.6 is 11.3 Å². The zero-order chi connectivity index (χ0) is 36.3. The lowest BCUT2D eigenvalue weighted by Gasteiger charge is -2.34. The number of hydrogen-bond donors (Lipinski definition) is 0. The monoisotopic (exact) mass is 717 g/mol. The molecule has 0 spiro atoms. The molecule has 1 aliphatic rings. The molecule has 1 aliphatic carbocycles. The molecule has 0 fully saturated rings. The van der Waals surface area contributed by atoms with Gasteiger partial charge in [0.25, 0.3) is 0 Å². The Morgan fingerprint density at radius 1 is 0.364 bits per heavy atom. The average molecular weight is 718 g/mol. The Hall–Kier alpha value is -6.74. The van der Waals surface area contributed by atoms with E-state index in [1.54, 1.807) is 0 Å². The van der Waals surface area contributed by atoms with Crippen LogP contribution < -0.4 is 4.90 Å². The van der Waals surface area contributed by atoms with Crippen molar-refractivity contribution in [1.82, 2.24) is 0 Å². The lowest BCUT2D eigenvalue weighted by Crippen LogP contribution is -2.28. The highest BCUT2D eigenvalue weighted by Gasteiger charge is 2.46. The maximum absolute atomic E-state index is 2.49. The standard InChI is InChI=1S/C53H35NS/c1-4-16-36(17-5-1)38-19-14-24-41(34-38)54(50-29-15-27-45-46-32-30-37-18-10-11-25-43(37)51(46)55-52(45)50)42-31-33-49-47(35-42)44-26-12-13-28-48(44)53(49,39-20-6-2-7-21-39)40-22-8-3-9-23-40/h1-35H. The van der Waals surface area contributed by atoms with Gasteiger partial charge in [-0.15, -0.1) is 11.3 Å². The zero-order valence-corrected chi connectivity index (χ0v) is 30.9. The summed E-state index contributed by atoms with van der Waals surface area (Å²) in [6.45, 7) is 0. The molecule has 0 atom stereocenters. The van der Waals surface area contributed by atoms with Crippen molar-refractivity contribution in [3.05, 3.63) is 235 Å². The summed E-state index contributed by atoms with van der Waals surface area (Å²) in [5.41, 5.74) is 13.1. The van der Waals surface area contributed by atoms with E-state index in [4.69, 9.17) is 0 Å². The molecule has 0 unspecified atom stereocenters. The van der Waals surface area contributed by atoms with Gasteiger partial charge in [0.15, 0.2) is 0 Å². The zero-order valence-electron chi connectivity index (χ0n) is 30.1. The molecule has 0 aliphatic heterocycles. The summed E-state index contributed by atoms with van der Waals surface area (Å²) in [5, 5.41) is 5.16.